The third-order valence-electron chi connectivity index (χ3n) is 2.95. The summed E-state index contributed by atoms with van der Waals surface area (Å²) in [6, 6.07) is 7.27. The van der Waals surface area contributed by atoms with E-state index in [2.05, 4.69) is 20.4 Å². The Morgan fingerprint density at radius 3 is 2.15 bits per heavy atom. The van der Waals surface area contributed by atoms with Crippen molar-refractivity contribution in [3.05, 3.63) is 42.0 Å². The lowest BCUT2D eigenvalue weighted by Gasteiger charge is -2.12. The van der Waals surface area contributed by atoms with E-state index in [4.69, 9.17) is 9.47 Å². The van der Waals surface area contributed by atoms with Crippen molar-refractivity contribution in [2.75, 3.05) is 13.2 Å². The van der Waals surface area contributed by atoms with Gasteiger partial charge in [0, 0.05) is 5.56 Å². The molecule has 0 fully saturated rings. The zero-order valence-corrected chi connectivity index (χ0v) is 12.5. The minimum atomic E-state index is -0.311. The van der Waals surface area contributed by atoms with Gasteiger partial charge in [0.25, 0.3) is 0 Å². The van der Waals surface area contributed by atoms with Crippen LogP contribution in [0.15, 0.2) is 30.8 Å². The molecule has 0 aliphatic rings. The summed E-state index contributed by atoms with van der Waals surface area (Å²) in [4.78, 5) is 12.1. The van der Waals surface area contributed by atoms with Crippen LogP contribution in [0.2, 0.25) is 0 Å². The van der Waals surface area contributed by atoms with Crippen LogP contribution in [-0.4, -0.2) is 19.2 Å². The molecular weight excluding hydrogens is 252 g/mol. The van der Waals surface area contributed by atoms with Gasteiger partial charge in [-0.15, -0.1) is 0 Å². The molecule has 0 amide bonds. The van der Waals surface area contributed by atoms with Crippen LogP contribution in [0.4, 0.5) is 0 Å². The first-order chi connectivity index (χ1) is 9.70. The number of carbonyl (C=O) groups excluding carboxylic acids is 1. The second-order valence-electron chi connectivity index (χ2n) is 4.66. The standard InChI is InChI=1S/C17H24O3/c1-4-6-12-19-14(3)15-10-8-9-11-16(15)17(18)20-13-7-5-2/h8-11H,3-7,12-13H2,1-2H3. The molecule has 1 rings (SSSR count). The number of hydrogen-bond donors (Lipinski definition) is 0. The summed E-state index contributed by atoms with van der Waals surface area (Å²) in [5.74, 6) is 0.218. The molecule has 0 bridgehead atoms. The Bertz CT molecular complexity index is 397. The normalized spacial score (nSPS) is 10.1. The van der Waals surface area contributed by atoms with Crippen molar-refractivity contribution in [1.82, 2.24) is 0 Å². The lowest BCUT2D eigenvalue weighted by Crippen LogP contribution is -2.09. The van der Waals surface area contributed by atoms with E-state index in [1.54, 1.807) is 6.07 Å². The Morgan fingerprint density at radius 1 is 1.00 bits per heavy atom. The number of unbranched alkanes of at least 4 members (excludes halogenated alkanes) is 2. The lowest BCUT2D eigenvalue weighted by atomic mass is 10.1. The molecular formula is C17H24O3. The SMILES string of the molecule is C=C(OCCCC)c1ccccc1C(=O)OCCCC. The third kappa shape index (κ3) is 5.08. The van der Waals surface area contributed by atoms with Gasteiger partial charge in [-0.1, -0.05) is 51.5 Å². The van der Waals surface area contributed by atoms with Gasteiger partial charge in [0.2, 0.25) is 0 Å². The fourth-order valence-electron chi connectivity index (χ4n) is 1.71. The van der Waals surface area contributed by atoms with Crippen LogP contribution in [0, 0.1) is 0 Å². The van der Waals surface area contributed by atoms with Crippen molar-refractivity contribution in [2.45, 2.75) is 39.5 Å². The van der Waals surface area contributed by atoms with Crippen LogP contribution in [0.25, 0.3) is 5.76 Å². The topological polar surface area (TPSA) is 35.5 Å². The van der Waals surface area contributed by atoms with Crippen LogP contribution in [0.3, 0.4) is 0 Å². The first-order valence-electron chi connectivity index (χ1n) is 7.28. The number of esters is 1. The van der Waals surface area contributed by atoms with Crippen LogP contribution in [0.5, 0.6) is 0 Å². The third-order valence-corrected chi connectivity index (χ3v) is 2.95. The number of benzene rings is 1. The number of rotatable bonds is 9. The molecule has 0 spiro atoms. The van der Waals surface area contributed by atoms with Gasteiger partial charge in [-0.3, -0.25) is 0 Å². The van der Waals surface area contributed by atoms with Gasteiger partial charge >= 0.3 is 5.97 Å². The molecule has 0 heterocycles. The molecule has 3 heteroatoms. The average Bonchev–Trinajstić information content (AvgIpc) is 2.47. The smallest absolute Gasteiger partial charge is 0.338 e. The lowest BCUT2D eigenvalue weighted by molar-refractivity contribution is 0.0498. The Kier molecular flexibility index (Phi) is 7.48. The molecule has 0 radical (unpaired) electrons. The average molecular weight is 276 g/mol. The van der Waals surface area contributed by atoms with E-state index in [-0.39, 0.29) is 5.97 Å². The molecule has 0 unspecified atom stereocenters. The first kappa shape index (κ1) is 16.3. The Labute approximate surface area is 121 Å². The molecule has 0 aromatic heterocycles. The molecule has 0 N–H and O–H groups in total. The Balaban J connectivity index is 2.71. The van der Waals surface area contributed by atoms with E-state index in [1.807, 2.05) is 18.2 Å². The molecule has 110 valence electrons. The van der Waals surface area contributed by atoms with Gasteiger partial charge < -0.3 is 9.47 Å². The van der Waals surface area contributed by atoms with Crippen molar-refractivity contribution in [1.29, 1.82) is 0 Å². The summed E-state index contributed by atoms with van der Waals surface area (Å²) in [5, 5.41) is 0. The van der Waals surface area contributed by atoms with E-state index >= 15 is 0 Å². The van der Waals surface area contributed by atoms with E-state index < -0.39 is 0 Å². The number of ether oxygens (including phenoxy) is 2. The minimum absolute atomic E-state index is 0.311. The van der Waals surface area contributed by atoms with Crippen LogP contribution in [0.1, 0.15) is 55.5 Å². The summed E-state index contributed by atoms with van der Waals surface area (Å²) >= 11 is 0. The molecule has 20 heavy (non-hydrogen) atoms. The molecule has 0 saturated heterocycles. The van der Waals surface area contributed by atoms with Gasteiger partial charge in [-0.25, -0.2) is 4.79 Å². The maximum atomic E-state index is 12.1. The van der Waals surface area contributed by atoms with Gasteiger partial charge in [-0.05, 0) is 18.9 Å². The zero-order chi connectivity index (χ0) is 14.8. The highest BCUT2D eigenvalue weighted by molar-refractivity contribution is 5.94. The van der Waals surface area contributed by atoms with Gasteiger partial charge in [0.05, 0.1) is 18.8 Å². The highest BCUT2D eigenvalue weighted by Crippen LogP contribution is 2.20. The molecule has 0 aliphatic carbocycles. The molecule has 1 aromatic rings. The summed E-state index contributed by atoms with van der Waals surface area (Å²) in [7, 11) is 0. The molecule has 3 nitrogen and oxygen atoms in total. The first-order valence-corrected chi connectivity index (χ1v) is 7.28. The van der Waals surface area contributed by atoms with Gasteiger partial charge in [0.15, 0.2) is 0 Å². The predicted octanol–water partition coefficient (Wildman–Crippen LogP) is 4.43. The highest BCUT2D eigenvalue weighted by Gasteiger charge is 2.14. The summed E-state index contributed by atoms with van der Waals surface area (Å²) in [5.41, 5.74) is 1.23. The second kappa shape index (κ2) is 9.18. The molecule has 1 aromatic carbocycles. The van der Waals surface area contributed by atoms with Gasteiger partial charge in [-0.2, -0.15) is 0 Å². The second-order valence-corrected chi connectivity index (χ2v) is 4.66. The fourth-order valence-corrected chi connectivity index (χ4v) is 1.71. The number of hydrogen-bond acceptors (Lipinski definition) is 3. The monoisotopic (exact) mass is 276 g/mol. The molecule has 0 aliphatic heterocycles. The fraction of sp³-hybridized carbons (Fsp3) is 0.471. The van der Waals surface area contributed by atoms with Crippen LogP contribution < -0.4 is 0 Å². The van der Waals surface area contributed by atoms with E-state index in [0.29, 0.717) is 30.1 Å². The highest BCUT2D eigenvalue weighted by atomic mass is 16.5. The van der Waals surface area contributed by atoms with Crippen molar-refractivity contribution in [2.24, 2.45) is 0 Å². The predicted molar refractivity (Wildman–Crippen MR) is 81.5 cm³/mol. The van der Waals surface area contributed by atoms with Crippen molar-refractivity contribution >= 4 is 11.7 Å². The minimum Gasteiger partial charge on any atom is -0.494 e. The zero-order valence-electron chi connectivity index (χ0n) is 12.5. The summed E-state index contributed by atoms with van der Waals surface area (Å²) < 4.78 is 10.8. The van der Waals surface area contributed by atoms with Crippen molar-refractivity contribution < 1.29 is 14.3 Å². The quantitative estimate of drug-likeness (QED) is 0.380. The van der Waals surface area contributed by atoms with Gasteiger partial charge in [0.1, 0.15) is 5.76 Å². The van der Waals surface area contributed by atoms with E-state index in [9.17, 15) is 4.79 Å². The van der Waals surface area contributed by atoms with Crippen molar-refractivity contribution in [3.8, 4) is 0 Å². The maximum Gasteiger partial charge on any atom is 0.338 e. The van der Waals surface area contributed by atoms with Crippen LogP contribution in [-0.2, 0) is 9.47 Å². The maximum absolute atomic E-state index is 12.1. The van der Waals surface area contributed by atoms with Crippen molar-refractivity contribution in [3.63, 3.8) is 0 Å². The largest absolute Gasteiger partial charge is 0.494 e. The summed E-state index contributed by atoms with van der Waals surface area (Å²) in [6.07, 6.45) is 3.92. The Hall–Kier alpha value is -1.77. The summed E-state index contributed by atoms with van der Waals surface area (Å²) in [6.45, 7) is 9.14. The Morgan fingerprint density at radius 2 is 1.55 bits per heavy atom. The molecule has 0 atom stereocenters. The van der Waals surface area contributed by atoms with E-state index in [1.165, 1.54) is 0 Å². The van der Waals surface area contributed by atoms with E-state index in [0.717, 1.165) is 25.7 Å². The van der Waals surface area contributed by atoms with Crippen LogP contribution >= 0.6 is 0 Å². The molecule has 0 saturated carbocycles. The number of carbonyl (C=O) groups is 1.